The van der Waals surface area contributed by atoms with Gasteiger partial charge in [-0.2, -0.15) is 0 Å². The minimum Gasteiger partial charge on any atom is -0.347 e. The zero-order chi connectivity index (χ0) is 20.1. The van der Waals surface area contributed by atoms with Gasteiger partial charge in [-0.05, 0) is 68.9 Å². The van der Waals surface area contributed by atoms with Crippen molar-refractivity contribution in [1.82, 2.24) is 19.9 Å². The van der Waals surface area contributed by atoms with Crippen LogP contribution < -0.4 is 5.32 Å². The minimum absolute atomic E-state index is 0.0431. The molecule has 5 heteroatoms. The van der Waals surface area contributed by atoms with Crippen molar-refractivity contribution in [2.24, 2.45) is 0 Å². The zero-order valence-corrected chi connectivity index (χ0v) is 17.3. The maximum absolute atomic E-state index is 12.4. The van der Waals surface area contributed by atoms with E-state index in [1.165, 1.54) is 11.1 Å². The summed E-state index contributed by atoms with van der Waals surface area (Å²) < 4.78 is 2.14. The molecule has 146 valence electrons. The molecule has 5 nitrogen and oxygen atoms in total. The van der Waals surface area contributed by atoms with Crippen LogP contribution in [0.5, 0.6) is 0 Å². The molecule has 1 aliphatic rings. The second kappa shape index (κ2) is 6.43. The van der Waals surface area contributed by atoms with Gasteiger partial charge in [0.1, 0.15) is 5.82 Å². The smallest absolute Gasteiger partial charge is 0.251 e. The topological polar surface area (TPSA) is 59.3 Å². The van der Waals surface area contributed by atoms with Crippen molar-refractivity contribution in [3.05, 3.63) is 65.1 Å². The fourth-order valence-corrected chi connectivity index (χ4v) is 3.83. The maximum atomic E-state index is 12.4. The number of rotatable bonds is 4. The van der Waals surface area contributed by atoms with E-state index in [0.29, 0.717) is 11.5 Å². The number of hydrogen-bond acceptors (Lipinski definition) is 3. The Morgan fingerprint density at radius 1 is 1.11 bits per heavy atom. The van der Waals surface area contributed by atoms with Gasteiger partial charge in [-0.25, -0.2) is 0 Å². The molecule has 0 bridgehead atoms. The van der Waals surface area contributed by atoms with E-state index < -0.39 is 0 Å². The Morgan fingerprint density at radius 3 is 2.36 bits per heavy atom. The number of aromatic nitrogens is 3. The molecule has 0 aliphatic heterocycles. The number of nitrogens with one attached hydrogen (secondary N) is 1. The van der Waals surface area contributed by atoms with E-state index in [1.54, 1.807) is 0 Å². The SMILES string of the molecule is CC(C)c1cccn2c(C3(c4ccc(C(=O)NC(C)(C)C)cc4)CC3)nnc12. The summed E-state index contributed by atoms with van der Waals surface area (Å²) >= 11 is 0. The fraction of sp³-hybridized carbons (Fsp3) is 0.435. The minimum atomic E-state index is -0.248. The van der Waals surface area contributed by atoms with Crippen LogP contribution in [0.1, 0.15) is 80.7 Å². The first kappa shape index (κ1) is 18.7. The number of carbonyl (C=O) groups is 1. The highest BCUT2D eigenvalue weighted by Gasteiger charge is 2.49. The van der Waals surface area contributed by atoms with Gasteiger partial charge >= 0.3 is 0 Å². The average molecular weight is 377 g/mol. The highest BCUT2D eigenvalue weighted by Crippen LogP contribution is 2.52. The third-order valence-electron chi connectivity index (χ3n) is 5.45. The van der Waals surface area contributed by atoms with Crippen molar-refractivity contribution in [1.29, 1.82) is 0 Å². The molecule has 4 rings (SSSR count). The summed E-state index contributed by atoms with van der Waals surface area (Å²) in [5.41, 5.74) is 3.69. The molecule has 0 radical (unpaired) electrons. The van der Waals surface area contributed by atoms with Crippen LogP contribution in [-0.2, 0) is 5.41 Å². The van der Waals surface area contributed by atoms with Crippen LogP contribution in [0.15, 0.2) is 42.6 Å². The average Bonchev–Trinajstić information content (AvgIpc) is 3.32. The summed E-state index contributed by atoms with van der Waals surface area (Å²) in [4.78, 5) is 12.4. The van der Waals surface area contributed by atoms with Gasteiger partial charge in [-0.1, -0.05) is 32.0 Å². The number of carbonyl (C=O) groups excluding carboxylic acids is 1. The molecule has 0 atom stereocenters. The Labute approximate surface area is 166 Å². The van der Waals surface area contributed by atoms with Crippen molar-refractivity contribution in [3.8, 4) is 0 Å². The standard InChI is InChI=1S/C23H28N4O/c1-15(2)18-7-6-14-27-19(18)25-26-21(27)23(12-13-23)17-10-8-16(9-11-17)20(28)24-22(3,4)5/h6-11,14-15H,12-13H2,1-5H3,(H,24,28). The van der Waals surface area contributed by atoms with Crippen molar-refractivity contribution in [2.45, 2.75) is 64.3 Å². The summed E-state index contributed by atoms with van der Waals surface area (Å²) in [5.74, 6) is 1.35. The predicted molar refractivity (Wildman–Crippen MR) is 111 cm³/mol. The van der Waals surface area contributed by atoms with E-state index in [9.17, 15) is 4.79 Å². The van der Waals surface area contributed by atoms with Crippen LogP contribution in [0.25, 0.3) is 5.65 Å². The molecule has 1 aromatic carbocycles. The highest BCUT2D eigenvalue weighted by molar-refractivity contribution is 5.94. The molecule has 2 aromatic heterocycles. The largest absolute Gasteiger partial charge is 0.347 e. The number of pyridine rings is 1. The van der Waals surface area contributed by atoms with Gasteiger partial charge in [0, 0.05) is 17.3 Å². The van der Waals surface area contributed by atoms with Crippen LogP contribution in [0.2, 0.25) is 0 Å². The Kier molecular flexibility index (Phi) is 4.29. The lowest BCUT2D eigenvalue weighted by atomic mass is 9.93. The molecule has 3 aromatic rings. The van der Waals surface area contributed by atoms with Crippen LogP contribution in [-0.4, -0.2) is 26.0 Å². The number of nitrogens with zero attached hydrogens (tertiary/aromatic N) is 3. The van der Waals surface area contributed by atoms with Crippen LogP contribution in [0.4, 0.5) is 0 Å². The fourth-order valence-electron chi connectivity index (χ4n) is 3.83. The number of amides is 1. The van der Waals surface area contributed by atoms with E-state index in [4.69, 9.17) is 0 Å². The van der Waals surface area contributed by atoms with Gasteiger partial charge in [0.2, 0.25) is 0 Å². The van der Waals surface area contributed by atoms with Crippen molar-refractivity contribution in [3.63, 3.8) is 0 Å². The molecule has 2 heterocycles. The number of fused-ring (bicyclic) bond motifs is 1. The number of benzene rings is 1. The van der Waals surface area contributed by atoms with Gasteiger partial charge in [0.25, 0.3) is 5.91 Å². The first-order valence-corrected chi connectivity index (χ1v) is 9.98. The summed E-state index contributed by atoms with van der Waals surface area (Å²) in [6.07, 6.45) is 4.15. The third kappa shape index (κ3) is 3.19. The van der Waals surface area contributed by atoms with Gasteiger partial charge in [-0.15, -0.1) is 10.2 Å². The molecule has 28 heavy (non-hydrogen) atoms. The molecule has 1 aliphatic carbocycles. The Hall–Kier alpha value is -2.69. The summed E-state index contributed by atoms with van der Waals surface area (Å²) in [5, 5.41) is 12.1. The van der Waals surface area contributed by atoms with Gasteiger partial charge in [0.15, 0.2) is 5.65 Å². The van der Waals surface area contributed by atoms with E-state index in [2.05, 4.69) is 64.2 Å². The van der Waals surface area contributed by atoms with Crippen molar-refractivity contribution >= 4 is 11.6 Å². The quantitative estimate of drug-likeness (QED) is 0.731. The second-order valence-electron chi connectivity index (χ2n) is 9.20. The summed E-state index contributed by atoms with van der Waals surface area (Å²) in [7, 11) is 0. The zero-order valence-electron chi connectivity index (χ0n) is 17.3. The molecule has 1 saturated carbocycles. The summed E-state index contributed by atoms with van der Waals surface area (Å²) in [6.45, 7) is 10.3. The molecule has 0 spiro atoms. The maximum Gasteiger partial charge on any atom is 0.251 e. The molecule has 1 N–H and O–H groups in total. The Bertz CT molecular complexity index is 1020. The highest BCUT2D eigenvalue weighted by atomic mass is 16.1. The molecular weight excluding hydrogens is 348 g/mol. The predicted octanol–water partition coefficient (Wildman–Crippen LogP) is 4.46. The van der Waals surface area contributed by atoms with Gasteiger partial charge in [-0.3, -0.25) is 9.20 Å². The van der Waals surface area contributed by atoms with Gasteiger partial charge < -0.3 is 5.32 Å². The van der Waals surface area contributed by atoms with Crippen LogP contribution in [0, 0.1) is 0 Å². The molecule has 1 fully saturated rings. The summed E-state index contributed by atoms with van der Waals surface area (Å²) in [6, 6.07) is 12.2. The first-order chi connectivity index (χ1) is 13.2. The van der Waals surface area contributed by atoms with E-state index >= 15 is 0 Å². The molecular formula is C23H28N4O. The van der Waals surface area contributed by atoms with Crippen LogP contribution >= 0.6 is 0 Å². The lowest BCUT2D eigenvalue weighted by Crippen LogP contribution is -2.40. The van der Waals surface area contributed by atoms with Crippen molar-refractivity contribution < 1.29 is 4.79 Å². The van der Waals surface area contributed by atoms with Gasteiger partial charge in [0.05, 0.1) is 5.41 Å². The number of hydrogen-bond donors (Lipinski definition) is 1. The second-order valence-corrected chi connectivity index (χ2v) is 9.20. The van der Waals surface area contributed by atoms with E-state index in [-0.39, 0.29) is 16.9 Å². The lowest BCUT2D eigenvalue weighted by molar-refractivity contribution is 0.0919. The molecule has 0 saturated heterocycles. The van der Waals surface area contributed by atoms with Crippen LogP contribution in [0.3, 0.4) is 0 Å². The van der Waals surface area contributed by atoms with Crippen molar-refractivity contribution in [2.75, 3.05) is 0 Å². The Morgan fingerprint density at radius 2 is 1.79 bits per heavy atom. The third-order valence-corrected chi connectivity index (χ3v) is 5.45. The lowest BCUT2D eigenvalue weighted by Gasteiger charge is -2.21. The normalized spacial score (nSPS) is 15.8. The monoisotopic (exact) mass is 376 g/mol. The molecule has 0 unspecified atom stereocenters. The van der Waals surface area contributed by atoms with E-state index in [1.807, 2.05) is 32.9 Å². The molecule has 1 amide bonds. The van der Waals surface area contributed by atoms with E-state index in [0.717, 1.165) is 24.3 Å². The first-order valence-electron chi connectivity index (χ1n) is 9.98. The Balaban J connectivity index is 1.68.